The Morgan fingerprint density at radius 3 is 2.36 bits per heavy atom. The van der Waals surface area contributed by atoms with Crippen LogP contribution < -0.4 is 10.6 Å². The predicted octanol–water partition coefficient (Wildman–Crippen LogP) is 4.42. The summed E-state index contributed by atoms with van der Waals surface area (Å²) in [5.74, 6) is -0.154. The first kappa shape index (κ1) is 19.3. The van der Waals surface area contributed by atoms with Gasteiger partial charge < -0.3 is 15.4 Å². The van der Waals surface area contributed by atoms with Crippen LogP contribution in [0.15, 0.2) is 24.3 Å². The van der Waals surface area contributed by atoms with Crippen LogP contribution in [0, 0.1) is 0 Å². The lowest BCUT2D eigenvalue weighted by Gasteiger charge is -2.37. The lowest BCUT2D eigenvalue weighted by atomic mass is 9.81. The number of amides is 2. The maximum atomic E-state index is 13.1. The van der Waals surface area contributed by atoms with Gasteiger partial charge in [-0.1, -0.05) is 44.4 Å². The minimum atomic E-state index is -0.901. The molecule has 1 aromatic carbocycles. The van der Waals surface area contributed by atoms with Gasteiger partial charge in [-0.15, -0.1) is 0 Å². The normalized spacial score (nSPS) is 16.8. The van der Waals surface area contributed by atoms with Gasteiger partial charge in [0.1, 0.15) is 11.1 Å². The Bertz CT molecular complexity index is 614. The van der Waals surface area contributed by atoms with Gasteiger partial charge in [0.2, 0.25) is 5.91 Å². The molecule has 0 aliphatic heterocycles. The van der Waals surface area contributed by atoms with E-state index in [1.54, 1.807) is 0 Å². The molecular weight excluding hydrogens is 316 g/mol. The number of para-hydroxylation sites is 1. The second-order valence-electron chi connectivity index (χ2n) is 7.73. The molecule has 25 heavy (non-hydrogen) atoms. The van der Waals surface area contributed by atoms with Crippen molar-refractivity contribution in [3.05, 3.63) is 29.8 Å². The minimum absolute atomic E-state index is 0.154. The molecule has 0 radical (unpaired) electrons. The Balaban J connectivity index is 2.18. The fourth-order valence-electron chi connectivity index (χ4n) is 3.26. The number of carbonyl (C=O) groups excluding carboxylic acids is 2. The smallest absolute Gasteiger partial charge is 0.408 e. The first-order valence-corrected chi connectivity index (χ1v) is 9.16. The van der Waals surface area contributed by atoms with E-state index in [-0.39, 0.29) is 5.91 Å². The summed E-state index contributed by atoms with van der Waals surface area (Å²) in [5.41, 5.74) is 0.400. The number of anilines is 1. The molecule has 1 saturated carbocycles. The zero-order valence-electron chi connectivity index (χ0n) is 15.8. The molecule has 5 nitrogen and oxygen atoms in total. The van der Waals surface area contributed by atoms with Crippen LogP contribution >= 0.6 is 0 Å². The highest BCUT2D eigenvalue weighted by atomic mass is 16.6. The zero-order valence-corrected chi connectivity index (χ0v) is 15.8. The van der Waals surface area contributed by atoms with Crippen molar-refractivity contribution < 1.29 is 14.3 Å². The largest absolute Gasteiger partial charge is 0.444 e. The van der Waals surface area contributed by atoms with Crippen molar-refractivity contribution in [1.82, 2.24) is 5.32 Å². The van der Waals surface area contributed by atoms with Crippen molar-refractivity contribution >= 4 is 17.7 Å². The maximum Gasteiger partial charge on any atom is 0.408 e. The van der Waals surface area contributed by atoms with Crippen molar-refractivity contribution in [2.75, 3.05) is 5.32 Å². The van der Waals surface area contributed by atoms with Gasteiger partial charge in [0.05, 0.1) is 0 Å². The van der Waals surface area contributed by atoms with Crippen molar-refractivity contribution in [2.45, 2.75) is 77.4 Å². The van der Waals surface area contributed by atoms with E-state index in [1.165, 1.54) is 0 Å². The average Bonchev–Trinajstić information content (AvgIpc) is 2.54. The number of benzene rings is 1. The highest BCUT2D eigenvalue weighted by molar-refractivity contribution is 6.00. The van der Waals surface area contributed by atoms with E-state index >= 15 is 0 Å². The Kier molecular flexibility index (Phi) is 6.09. The van der Waals surface area contributed by atoms with Crippen LogP contribution in [0.5, 0.6) is 0 Å². The van der Waals surface area contributed by atoms with Crippen molar-refractivity contribution in [3.8, 4) is 0 Å². The Labute approximate surface area is 150 Å². The number of carbonyl (C=O) groups is 2. The van der Waals surface area contributed by atoms with Crippen LogP contribution in [0.1, 0.15) is 65.4 Å². The van der Waals surface area contributed by atoms with E-state index in [2.05, 4.69) is 17.6 Å². The quantitative estimate of drug-likeness (QED) is 0.848. The van der Waals surface area contributed by atoms with E-state index in [9.17, 15) is 9.59 Å². The summed E-state index contributed by atoms with van der Waals surface area (Å²) in [4.78, 5) is 25.4. The lowest BCUT2D eigenvalue weighted by Crippen LogP contribution is -2.58. The van der Waals surface area contributed by atoms with Gasteiger partial charge in [0, 0.05) is 5.69 Å². The third kappa shape index (κ3) is 5.21. The van der Waals surface area contributed by atoms with Crippen LogP contribution in [0.25, 0.3) is 0 Å². The van der Waals surface area contributed by atoms with E-state index in [0.717, 1.165) is 36.9 Å². The van der Waals surface area contributed by atoms with Crippen LogP contribution in [-0.2, 0) is 16.0 Å². The minimum Gasteiger partial charge on any atom is -0.444 e. The van der Waals surface area contributed by atoms with Crippen molar-refractivity contribution in [2.24, 2.45) is 0 Å². The van der Waals surface area contributed by atoms with Gasteiger partial charge in [-0.05, 0) is 51.7 Å². The molecule has 2 amide bonds. The third-order valence-corrected chi connectivity index (χ3v) is 4.53. The molecule has 1 aliphatic carbocycles. The number of aryl methyl sites for hydroxylation is 1. The number of hydrogen-bond acceptors (Lipinski definition) is 3. The molecule has 0 atom stereocenters. The molecule has 1 aliphatic rings. The molecule has 0 heterocycles. The van der Waals surface area contributed by atoms with E-state index in [4.69, 9.17) is 4.74 Å². The van der Waals surface area contributed by atoms with Crippen LogP contribution in [0.4, 0.5) is 10.5 Å². The van der Waals surface area contributed by atoms with E-state index < -0.39 is 17.2 Å². The fourth-order valence-corrected chi connectivity index (χ4v) is 3.26. The maximum absolute atomic E-state index is 13.1. The van der Waals surface area contributed by atoms with Crippen molar-refractivity contribution in [3.63, 3.8) is 0 Å². The number of rotatable bonds is 4. The number of ether oxygens (including phenoxy) is 1. The second-order valence-corrected chi connectivity index (χ2v) is 7.73. The summed E-state index contributed by atoms with van der Waals surface area (Å²) < 4.78 is 5.38. The number of alkyl carbamates (subject to hydrolysis) is 1. The van der Waals surface area contributed by atoms with Gasteiger partial charge in [-0.2, -0.15) is 0 Å². The summed E-state index contributed by atoms with van der Waals surface area (Å²) in [6, 6.07) is 7.78. The van der Waals surface area contributed by atoms with Crippen LogP contribution in [0.2, 0.25) is 0 Å². The standard InChI is InChI=1S/C20H30N2O3/c1-5-15-11-7-8-12-16(15)21-17(23)20(13-9-6-10-14-20)22-18(24)25-19(2,3)4/h7-8,11-12H,5-6,9-10,13-14H2,1-4H3,(H,21,23)(H,22,24). The number of nitrogens with one attached hydrogen (secondary N) is 2. The topological polar surface area (TPSA) is 67.4 Å². The molecule has 2 N–H and O–H groups in total. The highest BCUT2D eigenvalue weighted by Gasteiger charge is 2.42. The summed E-state index contributed by atoms with van der Waals surface area (Å²) in [6.07, 6.45) is 4.48. The first-order chi connectivity index (χ1) is 11.8. The molecule has 0 aromatic heterocycles. The third-order valence-electron chi connectivity index (χ3n) is 4.53. The molecule has 5 heteroatoms. The second kappa shape index (κ2) is 7.89. The molecular formula is C20H30N2O3. The van der Waals surface area contributed by atoms with Crippen LogP contribution in [-0.4, -0.2) is 23.1 Å². The Morgan fingerprint density at radius 2 is 1.76 bits per heavy atom. The molecule has 2 rings (SSSR count). The van der Waals surface area contributed by atoms with Gasteiger partial charge in [0.25, 0.3) is 0 Å². The summed E-state index contributed by atoms with van der Waals surface area (Å²) in [5, 5.41) is 5.90. The molecule has 1 aromatic rings. The fraction of sp³-hybridized carbons (Fsp3) is 0.600. The summed E-state index contributed by atoms with van der Waals surface area (Å²) >= 11 is 0. The van der Waals surface area contributed by atoms with Gasteiger partial charge in [-0.3, -0.25) is 4.79 Å². The SMILES string of the molecule is CCc1ccccc1NC(=O)C1(NC(=O)OC(C)(C)C)CCCCC1. The monoisotopic (exact) mass is 346 g/mol. The first-order valence-electron chi connectivity index (χ1n) is 9.16. The summed E-state index contributed by atoms with van der Waals surface area (Å²) in [6.45, 7) is 7.51. The Hall–Kier alpha value is -2.04. The molecule has 0 saturated heterocycles. The predicted molar refractivity (Wildman–Crippen MR) is 99.6 cm³/mol. The van der Waals surface area contributed by atoms with Gasteiger partial charge in [-0.25, -0.2) is 4.79 Å². The van der Waals surface area contributed by atoms with Crippen LogP contribution in [0.3, 0.4) is 0 Å². The molecule has 0 bridgehead atoms. The van der Waals surface area contributed by atoms with Crippen molar-refractivity contribution in [1.29, 1.82) is 0 Å². The molecule has 0 unspecified atom stereocenters. The molecule has 1 fully saturated rings. The average molecular weight is 346 g/mol. The zero-order chi connectivity index (χ0) is 18.5. The van der Waals surface area contributed by atoms with E-state index in [0.29, 0.717) is 12.8 Å². The lowest BCUT2D eigenvalue weighted by molar-refractivity contribution is -0.123. The van der Waals surface area contributed by atoms with E-state index in [1.807, 2.05) is 45.0 Å². The van der Waals surface area contributed by atoms with Gasteiger partial charge >= 0.3 is 6.09 Å². The Morgan fingerprint density at radius 1 is 1.12 bits per heavy atom. The molecule has 138 valence electrons. The highest BCUT2D eigenvalue weighted by Crippen LogP contribution is 2.30. The number of hydrogen-bond donors (Lipinski definition) is 2. The molecule has 0 spiro atoms. The summed E-state index contributed by atoms with van der Waals surface area (Å²) in [7, 11) is 0. The van der Waals surface area contributed by atoms with Gasteiger partial charge in [0.15, 0.2) is 0 Å².